The van der Waals surface area contributed by atoms with Crippen LogP contribution in [-0.2, 0) is 9.59 Å². The number of rotatable bonds is 7. The van der Waals surface area contributed by atoms with Gasteiger partial charge in [-0.25, -0.2) is 0 Å². The first-order chi connectivity index (χ1) is 9.04. The van der Waals surface area contributed by atoms with Crippen LogP contribution in [0.25, 0.3) is 0 Å². The summed E-state index contributed by atoms with van der Waals surface area (Å²) in [5.74, 6) is -0.0732. The smallest absolute Gasteiger partial charge is 0.248 e. The number of carbonyl (C=O) groups is 2. The highest BCUT2D eigenvalue weighted by Gasteiger charge is 2.26. The summed E-state index contributed by atoms with van der Waals surface area (Å²) in [5.41, 5.74) is 4.93. The Morgan fingerprint density at radius 3 is 2.47 bits per heavy atom. The van der Waals surface area contributed by atoms with Crippen molar-refractivity contribution in [1.82, 2.24) is 5.32 Å². The number of nitrogens with two attached hydrogens (primary N) is 1. The van der Waals surface area contributed by atoms with Crippen LogP contribution in [0, 0.1) is 11.8 Å². The van der Waals surface area contributed by atoms with Gasteiger partial charge in [0.25, 0.3) is 0 Å². The third-order valence-corrected chi connectivity index (χ3v) is 3.98. The average Bonchev–Trinajstić information content (AvgIpc) is 2.42. The number of primary amides is 1. The Kier molecular flexibility index (Phi) is 6.84. The van der Waals surface area contributed by atoms with Crippen LogP contribution in [-0.4, -0.2) is 29.6 Å². The summed E-state index contributed by atoms with van der Waals surface area (Å²) in [6.07, 6.45) is 6.51. The van der Waals surface area contributed by atoms with E-state index in [1.165, 1.54) is 19.3 Å². The molecule has 5 nitrogen and oxygen atoms in total. The van der Waals surface area contributed by atoms with Gasteiger partial charge in [-0.3, -0.25) is 9.59 Å². The SMILES string of the molecule is CCCCC1CCC(C(=O)NCC(O)C(N)=O)CC1. The lowest BCUT2D eigenvalue weighted by atomic mass is 9.79. The predicted octanol–water partition coefficient (Wildman–Crippen LogP) is 0.945. The van der Waals surface area contributed by atoms with Crippen LogP contribution in [0.15, 0.2) is 0 Å². The molecular weight excluding hydrogens is 244 g/mol. The second-order valence-corrected chi connectivity index (χ2v) is 5.52. The first kappa shape index (κ1) is 16.0. The van der Waals surface area contributed by atoms with Gasteiger partial charge in [0.05, 0.1) is 6.54 Å². The topological polar surface area (TPSA) is 92.4 Å². The molecule has 110 valence electrons. The molecule has 0 aliphatic heterocycles. The minimum Gasteiger partial charge on any atom is -0.381 e. The van der Waals surface area contributed by atoms with Crippen LogP contribution in [0.5, 0.6) is 0 Å². The van der Waals surface area contributed by atoms with Gasteiger partial charge in [0.15, 0.2) is 0 Å². The van der Waals surface area contributed by atoms with Gasteiger partial charge < -0.3 is 16.2 Å². The number of carbonyl (C=O) groups excluding carboxylic acids is 2. The molecule has 0 aromatic heterocycles. The summed E-state index contributed by atoms with van der Waals surface area (Å²) >= 11 is 0. The molecule has 0 aromatic rings. The monoisotopic (exact) mass is 270 g/mol. The molecule has 0 saturated heterocycles. The van der Waals surface area contributed by atoms with E-state index in [4.69, 9.17) is 5.73 Å². The van der Waals surface area contributed by atoms with Crippen molar-refractivity contribution in [3.63, 3.8) is 0 Å². The Labute approximate surface area is 114 Å². The van der Waals surface area contributed by atoms with Crippen molar-refractivity contribution in [3.05, 3.63) is 0 Å². The van der Waals surface area contributed by atoms with Crippen LogP contribution in [0.1, 0.15) is 51.9 Å². The van der Waals surface area contributed by atoms with Gasteiger partial charge in [-0.1, -0.05) is 26.2 Å². The molecular formula is C14H26N2O3. The van der Waals surface area contributed by atoms with Gasteiger partial charge in [-0.15, -0.1) is 0 Å². The molecule has 1 aliphatic rings. The highest BCUT2D eigenvalue weighted by atomic mass is 16.3. The van der Waals surface area contributed by atoms with E-state index in [0.29, 0.717) is 0 Å². The van der Waals surface area contributed by atoms with Crippen molar-refractivity contribution in [1.29, 1.82) is 0 Å². The molecule has 0 radical (unpaired) electrons. The van der Waals surface area contributed by atoms with Crippen LogP contribution < -0.4 is 11.1 Å². The first-order valence-corrected chi connectivity index (χ1v) is 7.29. The molecule has 5 heteroatoms. The van der Waals surface area contributed by atoms with Crippen LogP contribution in [0.3, 0.4) is 0 Å². The summed E-state index contributed by atoms with van der Waals surface area (Å²) in [6.45, 7) is 2.12. The third-order valence-electron chi connectivity index (χ3n) is 3.98. The number of amides is 2. The minimum absolute atomic E-state index is 0.0259. The van der Waals surface area contributed by atoms with Crippen LogP contribution >= 0.6 is 0 Å². The zero-order valence-corrected chi connectivity index (χ0v) is 11.7. The Morgan fingerprint density at radius 2 is 1.95 bits per heavy atom. The van der Waals surface area contributed by atoms with Crippen molar-refractivity contribution in [2.24, 2.45) is 17.6 Å². The van der Waals surface area contributed by atoms with Crippen molar-refractivity contribution < 1.29 is 14.7 Å². The van der Waals surface area contributed by atoms with E-state index in [-0.39, 0.29) is 18.4 Å². The van der Waals surface area contributed by atoms with E-state index in [0.717, 1.165) is 31.6 Å². The first-order valence-electron chi connectivity index (χ1n) is 7.29. The lowest BCUT2D eigenvalue weighted by molar-refractivity contribution is -0.129. The van der Waals surface area contributed by atoms with Gasteiger partial charge in [0, 0.05) is 5.92 Å². The summed E-state index contributed by atoms with van der Waals surface area (Å²) in [4.78, 5) is 22.5. The average molecular weight is 270 g/mol. The minimum atomic E-state index is -1.29. The highest BCUT2D eigenvalue weighted by molar-refractivity contribution is 5.82. The Balaban J connectivity index is 2.23. The number of aliphatic hydroxyl groups is 1. The fraction of sp³-hybridized carbons (Fsp3) is 0.857. The molecule has 0 spiro atoms. The Bertz CT molecular complexity index is 299. The molecule has 1 unspecified atom stereocenters. The lowest BCUT2D eigenvalue weighted by Crippen LogP contribution is -2.42. The van der Waals surface area contributed by atoms with Gasteiger partial charge in [-0.2, -0.15) is 0 Å². The van der Waals surface area contributed by atoms with E-state index in [1.807, 2.05) is 0 Å². The second kappa shape index (κ2) is 8.15. The molecule has 19 heavy (non-hydrogen) atoms. The third kappa shape index (κ3) is 5.59. The van der Waals surface area contributed by atoms with E-state index >= 15 is 0 Å². The van der Waals surface area contributed by atoms with Crippen molar-refractivity contribution in [3.8, 4) is 0 Å². The van der Waals surface area contributed by atoms with E-state index in [9.17, 15) is 14.7 Å². The van der Waals surface area contributed by atoms with Crippen molar-refractivity contribution >= 4 is 11.8 Å². The maximum atomic E-state index is 11.9. The predicted molar refractivity (Wildman–Crippen MR) is 73.2 cm³/mol. The van der Waals surface area contributed by atoms with Crippen LogP contribution in [0.4, 0.5) is 0 Å². The summed E-state index contributed by atoms with van der Waals surface area (Å²) in [5, 5.41) is 11.8. The maximum absolute atomic E-state index is 11.9. The summed E-state index contributed by atoms with van der Waals surface area (Å²) in [6, 6.07) is 0. The molecule has 1 atom stereocenters. The van der Waals surface area contributed by atoms with Gasteiger partial charge in [-0.05, 0) is 31.6 Å². The molecule has 1 rings (SSSR count). The molecule has 1 fully saturated rings. The molecule has 1 saturated carbocycles. The molecule has 1 aliphatic carbocycles. The van der Waals surface area contributed by atoms with Crippen molar-refractivity contribution in [2.45, 2.75) is 58.0 Å². The van der Waals surface area contributed by atoms with E-state index in [1.54, 1.807) is 0 Å². The quantitative estimate of drug-likeness (QED) is 0.643. The normalized spacial score (nSPS) is 24.7. The molecule has 0 bridgehead atoms. The zero-order chi connectivity index (χ0) is 14.3. The fourth-order valence-corrected chi connectivity index (χ4v) is 2.65. The fourth-order valence-electron chi connectivity index (χ4n) is 2.65. The van der Waals surface area contributed by atoms with Gasteiger partial charge in [0.2, 0.25) is 11.8 Å². The number of aliphatic hydroxyl groups excluding tert-OH is 1. The van der Waals surface area contributed by atoms with E-state index < -0.39 is 12.0 Å². The molecule has 0 heterocycles. The van der Waals surface area contributed by atoms with E-state index in [2.05, 4.69) is 12.2 Å². The summed E-state index contributed by atoms with van der Waals surface area (Å²) < 4.78 is 0. The molecule has 4 N–H and O–H groups in total. The highest BCUT2D eigenvalue weighted by Crippen LogP contribution is 2.31. The molecule has 0 aromatic carbocycles. The Hall–Kier alpha value is -1.10. The zero-order valence-electron chi connectivity index (χ0n) is 11.7. The van der Waals surface area contributed by atoms with Crippen molar-refractivity contribution in [2.75, 3.05) is 6.54 Å². The Morgan fingerprint density at radius 1 is 1.32 bits per heavy atom. The largest absolute Gasteiger partial charge is 0.381 e. The number of hydrogen-bond donors (Lipinski definition) is 3. The number of unbranched alkanes of at least 4 members (excludes halogenated alkanes) is 1. The number of hydrogen-bond acceptors (Lipinski definition) is 3. The van der Waals surface area contributed by atoms with Gasteiger partial charge >= 0.3 is 0 Å². The number of nitrogens with one attached hydrogen (secondary N) is 1. The maximum Gasteiger partial charge on any atom is 0.248 e. The summed E-state index contributed by atoms with van der Waals surface area (Å²) in [7, 11) is 0. The van der Waals surface area contributed by atoms with Gasteiger partial charge in [0.1, 0.15) is 6.10 Å². The standard InChI is InChI=1S/C14H26N2O3/c1-2-3-4-10-5-7-11(8-6-10)14(19)16-9-12(17)13(15)18/h10-12,17H,2-9H2,1H3,(H2,15,18)(H,16,19). The molecule has 2 amide bonds. The van der Waals surface area contributed by atoms with Crippen LogP contribution in [0.2, 0.25) is 0 Å². The second-order valence-electron chi connectivity index (χ2n) is 5.52. The lowest BCUT2D eigenvalue weighted by Gasteiger charge is -2.27.